The molecule has 0 aliphatic rings. The Morgan fingerprint density at radius 2 is 2.22 bits per heavy atom. The third-order valence-corrected chi connectivity index (χ3v) is 3.09. The summed E-state index contributed by atoms with van der Waals surface area (Å²) in [5.74, 6) is 0. The molecular formula is C11H12N6S. The normalized spacial score (nSPS) is 11.1. The van der Waals surface area contributed by atoms with Gasteiger partial charge in [0.2, 0.25) is 0 Å². The largest absolute Gasteiger partial charge is 0.329 e. The van der Waals surface area contributed by atoms with E-state index in [0.717, 1.165) is 30.7 Å². The van der Waals surface area contributed by atoms with Crippen LogP contribution in [0, 0.1) is 4.77 Å². The molecule has 0 atom stereocenters. The van der Waals surface area contributed by atoms with Gasteiger partial charge in [0.05, 0.1) is 11.7 Å². The molecule has 7 heteroatoms. The molecule has 0 saturated carbocycles. The number of rotatable bonds is 4. The van der Waals surface area contributed by atoms with Crippen LogP contribution in [0.5, 0.6) is 0 Å². The number of nitrogens with zero attached hydrogens (tertiary/aromatic N) is 5. The summed E-state index contributed by atoms with van der Waals surface area (Å²) >= 11 is 5.30. The van der Waals surface area contributed by atoms with Crippen LogP contribution >= 0.6 is 12.2 Å². The van der Waals surface area contributed by atoms with E-state index in [9.17, 15) is 0 Å². The summed E-state index contributed by atoms with van der Waals surface area (Å²) < 4.78 is 4.54. The lowest BCUT2D eigenvalue weighted by Gasteiger charge is -2.03. The zero-order valence-electron chi connectivity index (χ0n) is 9.65. The second kappa shape index (κ2) is 4.69. The van der Waals surface area contributed by atoms with Crippen LogP contribution in [0.1, 0.15) is 6.42 Å². The third-order valence-electron chi connectivity index (χ3n) is 2.77. The Balaban J connectivity index is 1.78. The number of fused-ring (bicyclic) bond motifs is 1. The Bertz CT molecular complexity index is 696. The molecule has 0 aliphatic heterocycles. The van der Waals surface area contributed by atoms with Crippen LogP contribution in [-0.2, 0) is 13.1 Å². The van der Waals surface area contributed by atoms with Gasteiger partial charge in [-0.3, -0.25) is 4.68 Å². The Hall–Kier alpha value is -2.02. The van der Waals surface area contributed by atoms with Crippen LogP contribution in [0.15, 0.2) is 30.7 Å². The van der Waals surface area contributed by atoms with Gasteiger partial charge in [0.25, 0.3) is 0 Å². The first kappa shape index (κ1) is 11.1. The highest BCUT2D eigenvalue weighted by molar-refractivity contribution is 7.71. The maximum Gasteiger partial charge on any atom is 0.179 e. The molecule has 3 rings (SSSR count). The molecule has 3 aromatic rings. The quantitative estimate of drug-likeness (QED) is 0.726. The fraction of sp³-hybridized carbons (Fsp3) is 0.273. The first-order valence-corrected chi connectivity index (χ1v) is 6.13. The molecule has 0 spiro atoms. The van der Waals surface area contributed by atoms with E-state index in [-0.39, 0.29) is 0 Å². The minimum Gasteiger partial charge on any atom is -0.329 e. The molecule has 3 heterocycles. The van der Waals surface area contributed by atoms with Crippen LogP contribution in [0.25, 0.3) is 11.2 Å². The summed E-state index contributed by atoms with van der Waals surface area (Å²) in [7, 11) is 0. The molecule has 0 radical (unpaired) electrons. The predicted octanol–water partition coefficient (Wildman–Crippen LogP) is 1.78. The predicted molar refractivity (Wildman–Crippen MR) is 69.6 cm³/mol. The van der Waals surface area contributed by atoms with E-state index in [1.807, 2.05) is 27.6 Å². The molecule has 6 nitrogen and oxygen atoms in total. The number of nitrogens with one attached hydrogen (secondary N) is 1. The van der Waals surface area contributed by atoms with Gasteiger partial charge in [-0.15, -0.1) is 5.10 Å². The lowest BCUT2D eigenvalue weighted by atomic mass is 10.4. The monoisotopic (exact) mass is 260 g/mol. The number of pyridine rings is 1. The van der Waals surface area contributed by atoms with Gasteiger partial charge in [0.15, 0.2) is 10.4 Å². The number of aromatic nitrogens is 6. The highest BCUT2D eigenvalue weighted by atomic mass is 32.1. The van der Waals surface area contributed by atoms with E-state index in [2.05, 4.69) is 20.3 Å². The van der Waals surface area contributed by atoms with Gasteiger partial charge in [0.1, 0.15) is 0 Å². The summed E-state index contributed by atoms with van der Waals surface area (Å²) in [6, 6.07) is 3.87. The number of hydrogen-bond acceptors (Lipinski definition) is 4. The molecule has 0 fully saturated rings. The number of imidazole rings is 1. The first-order chi connectivity index (χ1) is 8.84. The SMILES string of the molecule is S=c1[nH]c2cccnc2n1CCCn1ccnn1. The molecule has 1 N–H and O–H groups in total. The van der Waals surface area contributed by atoms with Crippen molar-refractivity contribution in [2.24, 2.45) is 0 Å². The maximum atomic E-state index is 5.30. The third kappa shape index (κ3) is 2.04. The minimum atomic E-state index is 0.710. The maximum absolute atomic E-state index is 5.30. The van der Waals surface area contributed by atoms with Crippen molar-refractivity contribution in [2.45, 2.75) is 19.5 Å². The van der Waals surface area contributed by atoms with Crippen LogP contribution in [-0.4, -0.2) is 29.5 Å². The molecule has 0 bridgehead atoms. The second-order valence-corrected chi connectivity index (χ2v) is 4.36. The molecule has 0 unspecified atom stereocenters. The van der Waals surface area contributed by atoms with Crippen molar-refractivity contribution in [1.29, 1.82) is 0 Å². The highest BCUT2D eigenvalue weighted by Crippen LogP contribution is 2.11. The van der Waals surface area contributed by atoms with Crippen LogP contribution < -0.4 is 0 Å². The summed E-state index contributed by atoms with van der Waals surface area (Å²) in [6.45, 7) is 1.64. The summed E-state index contributed by atoms with van der Waals surface area (Å²) in [4.78, 5) is 7.50. The average molecular weight is 260 g/mol. The standard InChI is InChI=1S/C11H12N6S/c18-11-14-9-3-1-4-12-10(9)17(11)7-2-6-16-8-5-13-15-16/h1,3-5,8H,2,6-7H2,(H,14,18). The molecule has 0 aromatic carbocycles. The van der Waals surface area contributed by atoms with Crippen molar-refractivity contribution in [3.63, 3.8) is 0 Å². The van der Waals surface area contributed by atoms with Crippen LogP contribution in [0.3, 0.4) is 0 Å². The summed E-state index contributed by atoms with van der Waals surface area (Å²) in [6.07, 6.45) is 6.24. The van der Waals surface area contributed by atoms with E-state index in [0.29, 0.717) is 4.77 Å². The van der Waals surface area contributed by atoms with Crippen molar-refractivity contribution in [2.75, 3.05) is 0 Å². The number of aryl methyl sites for hydroxylation is 2. The van der Waals surface area contributed by atoms with Crippen molar-refractivity contribution < 1.29 is 0 Å². The first-order valence-electron chi connectivity index (χ1n) is 5.72. The van der Waals surface area contributed by atoms with Gasteiger partial charge < -0.3 is 9.55 Å². The highest BCUT2D eigenvalue weighted by Gasteiger charge is 2.04. The minimum absolute atomic E-state index is 0.710. The smallest absolute Gasteiger partial charge is 0.179 e. The number of hydrogen-bond donors (Lipinski definition) is 1. The van der Waals surface area contributed by atoms with E-state index >= 15 is 0 Å². The van der Waals surface area contributed by atoms with Gasteiger partial charge in [-0.2, -0.15) is 0 Å². The zero-order valence-corrected chi connectivity index (χ0v) is 10.5. The molecule has 18 heavy (non-hydrogen) atoms. The van der Waals surface area contributed by atoms with Crippen molar-refractivity contribution in [3.05, 3.63) is 35.5 Å². The molecule has 92 valence electrons. The van der Waals surface area contributed by atoms with E-state index in [1.54, 1.807) is 12.4 Å². The molecule has 3 aromatic heterocycles. The summed E-state index contributed by atoms with van der Waals surface area (Å²) in [5, 5.41) is 7.70. The average Bonchev–Trinajstić information content (AvgIpc) is 2.98. The van der Waals surface area contributed by atoms with Crippen molar-refractivity contribution >= 4 is 23.4 Å². The Kier molecular flexibility index (Phi) is 2.89. The van der Waals surface area contributed by atoms with Gasteiger partial charge >= 0.3 is 0 Å². The van der Waals surface area contributed by atoms with Gasteiger partial charge in [0, 0.05) is 25.5 Å². The van der Waals surface area contributed by atoms with E-state index in [4.69, 9.17) is 12.2 Å². The molecule has 0 saturated heterocycles. The Morgan fingerprint density at radius 3 is 3.06 bits per heavy atom. The molecule has 0 amide bonds. The lowest BCUT2D eigenvalue weighted by Crippen LogP contribution is -2.05. The fourth-order valence-electron chi connectivity index (χ4n) is 1.94. The number of aromatic amines is 1. The van der Waals surface area contributed by atoms with E-state index in [1.165, 1.54) is 0 Å². The van der Waals surface area contributed by atoms with Crippen molar-refractivity contribution in [3.8, 4) is 0 Å². The molecule has 0 aliphatic carbocycles. The lowest BCUT2D eigenvalue weighted by molar-refractivity contribution is 0.516. The Labute approximate surface area is 108 Å². The van der Waals surface area contributed by atoms with Crippen LogP contribution in [0.4, 0.5) is 0 Å². The topological polar surface area (TPSA) is 64.3 Å². The molecular weight excluding hydrogens is 248 g/mol. The number of H-pyrrole nitrogens is 1. The van der Waals surface area contributed by atoms with Gasteiger partial charge in [-0.05, 0) is 30.8 Å². The van der Waals surface area contributed by atoms with Gasteiger partial charge in [-0.25, -0.2) is 4.98 Å². The van der Waals surface area contributed by atoms with E-state index < -0.39 is 0 Å². The van der Waals surface area contributed by atoms with Gasteiger partial charge in [-0.1, -0.05) is 5.21 Å². The fourth-order valence-corrected chi connectivity index (χ4v) is 2.23. The van der Waals surface area contributed by atoms with Crippen molar-refractivity contribution in [1.82, 2.24) is 29.5 Å². The summed E-state index contributed by atoms with van der Waals surface area (Å²) in [5.41, 5.74) is 1.88. The van der Waals surface area contributed by atoms with Crippen LogP contribution in [0.2, 0.25) is 0 Å². The Morgan fingerprint density at radius 1 is 1.28 bits per heavy atom. The second-order valence-electron chi connectivity index (χ2n) is 3.98. The zero-order chi connectivity index (χ0) is 12.4.